The quantitative estimate of drug-likeness (QED) is 0.533. The summed E-state index contributed by atoms with van der Waals surface area (Å²) in [5.74, 6) is 0.426. The zero-order valence-corrected chi connectivity index (χ0v) is 17.7. The first-order valence-corrected chi connectivity index (χ1v) is 10.8. The van der Waals surface area contributed by atoms with E-state index in [4.69, 9.17) is 5.14 Å². The SMILES string of the molecule is CC(C)c1cn(-c2ccc(NS(N)(=O)=O)cc2)c2c[c]([PoH])ccc12. The van der Waals surface area contributed by atoms with Gasteiger partial charge in [0, 0.05) is 0 Å². The van der Waals surface area contributed by atoms with Gasteiger partial charge in [-0.25, -0.2) is 0 Å². The van der Waals surface area contributed by atoms with Crippen molar-refractivity contribution >= 4 is 55.1 Å². The number of nitrogens with two attached hydrogens (primary N) is 1. The number of rotatable bonds is 4. The van der Waals surface area contributed by atoms with Crippen LogP contribution >= 0.6 is 0 Å². The summed E-state index contributed by atoms with van der Waals surface area (Å²) in [6.45, 7) is 4.37. The van der Waals surface area contributed by atoms with Crippen LogP contribution in [0.5, 0.6) is 0 Å². The number of hydrogen-bond acceptors (Lipinski definition) is 2. The number of fused-ring (bicyclic) bond motifs is 1. The third kappa shape index (κ3) is 3.64. The van der Waals surface area contributed by atoms with E-state index in [-0.39, 0.29) is 0 Å². The molecule has 3 rings (SSSR count). The third-order valence-corrected chi connectivity index (χ3v) is 5.45. The Labute approximate surface area is 157 Å². The van der Waals surface area contributed by atoms with Crippen molar-refractivity contribution in [2.45, 2.75) is 19.8 Å². The molecule has 0 fully saturated rings. The van der Waals surface area contributed by atoms with Gasteiger partial charge in [-0.05, 0) is 0 Å². The van der Waals surface area contributed by atoms with E-state index in [0.717, 1.165) is 5.69 Å². The summed E-state index contributed by atoms with van der Waals surface area (Å²) in [6, 6.07) is 13.8. The molecule has 0 radical (unpaired) electrons. The average Bonchev–Trinajstić information content (AvgIpc) is 2.85. The van der Waals surface area contributed by atoms with E-state index >= 15 is 0 Å². The van der Waals surface area contributed by atoms with E-state index in [1.165, 1.54) is 44.8 Å². The maximum atomic E-state index is 11.1. The second-order valence-electron chi connectivity index (χ2n) is 6.00. The monoisotopic (exact) mass is 538 g/mol. The second kappa shape index (κ2) is 6.48. The predicted octanol–water partition coefficient (Wildman–Crippen LogP) is 1.90. The van der Waals surface area contributed by atoms with E-state index in [2.05, 4.69) is 47.5 Å². The zero-order chi connectivity index (χ0) is 17.5. The molecule has 0 saturated carbocycles. The molecule has 7 heteroatoms. The van der Waals surface area contributed by atoms with Crippen molar-refractivity contribution in [3.63, 3.8) is 0 Å². The van der Waals surface area contributed by atoms with Crippen LogP contribution in [0, 0.1) is 0 Å². The number of nitrogens with one attached hydrogen (secondary N) is 1. The van der Waals surface area contributed by atoms with Crippen LogP contribution in [-0.2, 0) is 10.2 Å². The van der Waals surface area contributed by atoms with Gasteiger partial charge in [0.05, 0.1) is 0 Å². The first-order valence-electron chi connectivity index (χ1n) is 7.49. The van der Waals surface area contributed by atoms with Gasteiger partial charge in [-0.15, -0.1) is 0 Å². The molecule has 0 spiro atoms. The van der Waals surface area contributed by atoms with Crippen molar-refractivity contribution < 1.29 is 8.42 Å². The van der Waals surface area contributed by atoms with Gasteiger partial charge >= 0.3 is 158 Å². The number of hydrogen-bond donors (Lipinski definition) is 2. The fraction of sp³-hybridized carbons (Fsp3) is 0.176. The molecular weight excluding hydrogens is 519 g/mol. The van der Waals surface area contributed by atoms with Gasteiger partial charge in [-0.1, -0.05) is 0 Å². The standard InChI is InChI=1S/C17H18N3O2S.Po.H/c1-12(2)16-11-20(17-6-4-3-5-15(16)17)14-9-7-13(8-10-14)19-23(18,21)22;;/h3,5-12,19H,1-2H3,(H2,18,21,22);;. The van der Waals surface area contributed by atoms with Crippen molar-refractivity contribution in [3.8, 4) is 5.69 Å². The van der Waals surface area contributed by atoms with Crippen LogP contribution in [0.1, 0.15) is 25.3 Å². The van der Waals surface area contributed by atoms with Crippen LogP contribution in [-0.4, -0.2) is 38.1 Å². The van der Waals surface area contributed by atoms with E-state index in [0.29, 0.717) is 11.6 Å². The topological polar surface area (TPSA) is 77.1 Å². The molecule has 126 valence electrons. The van der Waals surface area contributed by atoms with Gasteiger partial charge in [0.25, 0.3) is 0 Å². The number of benzene rings is 2. The zero-order valence-electron chi connectivity index (χ0n) is 13.4. The molecule has 2 aromatic carbocycles. The summed E-state index contributed by atoms with van der Waals surface area (Å²) >= 11 is 1.21. The van der Waals surface area contributed by atoms with Gasteiger partial charge < -0.3 is 0 Å². The second-order valence-corrected chi connectivity index (χ2v) is 9.31. The molecule has 0 unspecified atom stereocenters. The van der Waals surface area contributed by atoms with Crippen molar-refractivity contribution in [2.24, 2.45) is 5.14 Å². The Kier molecular flexibility index (Phi) is 4.70. The first kappa shape index (κ1) is 17.4. The van der Waals surface area contributed by atoms with Crippen molar-refractivity contribution in [2.75, 3.05) is 4.72 Å². The molecule has 0 bridgehead atoms. The van der Waals surface area contributed by atoms with E-state index in [9.17, 15) is 8.42 Å². The maximum absolute atomic E-state index is 11.1. The fourth-order valence-corrected chi connectivity index (χ4v) is 4.00. The Hall–Kier alpha value is -1.41. The van der Waals surface area contributed by atoms with Crippen molar-refractivity contribution in [3.05, 3.63) is 54.2 Å². The molecule has 0 saturated heterocycles. The summed E-state index contributed by atoms with van der Waals surface area (Å²) < 4.78 is 28.0. The minimum atomic E-state index is -3.76. The summed E-state index contributed by atoms with van der Waals surface area (Å²) in [4.78, 5) is 0. The van der Waals surface area contributed by atoms with E-state index in [1.54, 1.807) is 12.1 Å². The number of aromatic nitrogens is 1. The molecule has 3 N–H and O–H groups in total. The average molecular weight is 538 g/mol. The van der Waals surface area contributed by atoms with Gasteiger partial charge in [0.15, 0.2) is 0 Å². The molecule has 1 aromatic heterocycles. The number of anilines is 1. The van der Waals surface area contributed by atoms with Crippen LogP contribution in [0.4, 0.5) is 5.69 Å². The van der Waals surface area contributed by atoms with E-state index < -0.39 is 10.2 Å². The molecule has 3 aromatic rings. The Morgan fingerprint density at radius 1 is 1.12 bits per heavy atom. The molecule has 0 atom stereocenters. The Morgan fingerprint density at radius 2 is 1.79 bits per heavy atom. The fourth-order valence-electron chi connectivity index (χ4n) is 2.77. The van der Waals surface area contributed by atoms with Gasteiger partial charge in [0.1, 0.15) is 0 Å². The Balaban J connectivity index is 2.10. The van der Waals surface area contributed by atoms with Crippen LogP contribution < -0.4 is 13.1 Å². The van der Waals surface area contributed by atoms with Crippen LogP contribution in [0.2, 0.25) is 0 Å². The molecule has 5 nitrogen and oxygen atoms in total. The Morgan fingerprint density at radius 3 is 2.38 bits per heavy atom. The molecular formula is C17H19N3O2PoS. The summed E-state index contributed by atoms with van der Waals surface area (Å²) in [6.07, 6.45) is 2.16. The van der Waals surface area contributed by atoms with Crippen molar-refractivity contribution in [1.29, 1.82) is 0 Å². The number of nitrogens with zero attached hydrogens (tertiary/aromatic N) is 1. The molecule has 0 aliphatic rings. The molecule has 0 aliphatic carbocycles. The van der Waals surface area contributed by atoms with Gasteiger partial charge in [0.2, 0.25) is 0 Å². The first-order chi connectivity index (χ1) is 11.2. The molecule has 1 heterocycles. The molecule has 24 heavy (non-hydrogen) atoms. The summed E-state index contributed by atoms with van der Waals surface area (Å²) in [5.41, 5.74) is 3.90. The third-order valence-electron chi connectivity index (χ3n) is 3.85. The molecule has 0 aliphatic heterocycles. The Bertz CT molecular complexity index is 993. The van der Waals surface area contributed by atoms with Gasteiger partial charge in [-0.3, -0.25) is 0 Å². The normalized spacial score (nSPS) is 12.0. The van der Waals surface area contributed by atoms with Crippen LogP contribution in [0.15, 0.2) is 48.7 Å². The molecule has 0 amide bonds. The van der Waals surface area contributed by atoms with Gasteiger partial charge in [-0.2, -0.15) is 0 Å². The summed E-state index contributed by atoms with van der Waals surface area (Å²) in [7, 11) is -3.76. The minimum absolute atomic E-state index is 0.426. The van der Waals surface area contributed by atoms with Crippen LogP contribution in [0.25, 0.3) is 16.6 Å². The van der Waals surface area contributed by atoms with E-state index in [1.807, 2.05) is 12.1 Å². The van der Waals surface area contributed by atoms with Crippen molar-refractivity contribution in [1.82, 2.24) is 4.57 Å². The summed E-state index contributed by atoms with van der Waals surface area (Å²) in [5, 5.41) is 6.26. The predicted molar refractivity (Wildman–Crippen MR) is 101 cm³/mol. The van der Waals surface area contributed by atoms with Crippen LogP contribution in [0.3, 0.4) is 0 Å².